The molecule has 0 aliphatic heterocycles. The SMILES string of the molecule is CCOC(=O)CC(=O)[O-].O=S(O)(O)=S.[Na+]. The Balaban J connectivity index is -0.000000208. The number of carbonyl (C=O) groups is 2. The van der Waals surface area contributed by atoms with Gasteiger partial charge in [-0.3, -0.25) is 13.9 Å². The first-order valence-corrected chi connectivity index (χ1v) is 5.61. The Bertz CT molecular complexity index is 278. The second kappa shape index (κ2) is 10.7. The molecule has 10 heteroatoms. The van der Waals surface area contributed by atoms with E-state index in [1.54, 1.807) is 6.92 Å². The van der Waals surface area contributed by atoms with Gasteiger partial charge in [-0.05, 0) is 6.92 Å². The van der Waals surface area contributed by atoms with Gasteiger partial charge < -0.3 is 14.6 Å². The van der Waals surface area contributed by atoms with Crippen molar-refractivity contribution in [2.45, 2.75) is 13.3 Å². The smallest absolute Gasteiger partial charge is 0.550 e. The quantitative estimate of drug-likeness (QED) is 0.297. The Hall–Kier alpha value is 0.230. The number of carboxylic acids is 1. The summed E-state index contributed by atoms with van der Waals surface area (Å²) in [4.78, 5) is 19.9. The number of carbonyl (C=O) groups excluding carboxylic acids is 2. The number of hydrogen-bond donors (Lipinski definition) is 2. The van der Waals surface area contributed by atoms with Crippen molar-refractivity contribution >= 4 is 32.2 Å². The van der Waals surface area contributed by atoms with Crippen molar-refractivity contribution in [3.63, 3.8) is 0 Å². The summed E-state index contributed by atoms with van der Waals surface area (Å²) in [5.41, 5.74) is 0. The van der Waals surface area contributed by atoms with Crippen LogP contribution < -0.4 is 34.7 Å². The molecule has 0 bridgehead atoms. The molecule has 0 aliphatic rings. The summed E-state index contributed by atoms with van der Waals surface area (Å²) in [6.45, 7) is 1.80. The Morgan fingerprint density at radius 3 is 2.00 bits per heavy atom. The van der Waals surface area contributed by atoms with Crippen LogP contribution in [0.3, 0.4) is 0 Å². The second-order valence-corrected chi connectivity index (χ2v) is 4.00. The van der Waals surface area contributed by atoms with E-state index in [0.29, 0.717) is 0 Å². The van der Waals surface area contributed by atoms with E-state index < -0.39 is 27.4 Å². The minimum atomic E-state index is -3.83. The Morgan fingerprint density at radius 2 is 1.80 bits per heavy atom. The van der Waals surface area contributed by atoms with Gasteiger partial charge in [0.05, 0.1) is 19.0 Å². The van der Waals surface area contributed by atoms with E-state index in [2.05, 4.69) is 15.9 Å². The molecule has 0 heterocycles. The molecule has 15 heavy (non-hydrogen) atoms. The topological polar surface area (TPSA) is 124 Å². The standard InChI is InChI=1S/C5H8O4.Na.H2O3S2/c1-2-9-5(8)3-4(6)7;;1-5(2,3)4/h2-3H2,1H3,(H,6,7);;(H2,1,2,3,4)/q;+1;/p-1. The minimum Gasteiger partial charge on any atom is -0.550 e. The predicted molar refractivity (Wildman–Crippen MR) is 47.0 cm³/mol. The van der Waals surface area contributed by atoms with Gasteiger partial charge in [-0.2, -0.15) is 4.21 Å². The fourth-order valence-corrected chi connectivity index (χ4v) is 0.330. The molecule has 0 aromatic rings. The zero-order chi connectivity index (χ0) is 11.8. The molecule has 7 nitrogen and oxygen atoms in total. The Labute approximate surface area is 114 Å². The third kappa shape index (κ3) is 40.7. The number of rotatable bonds is 3. The molecule has 0 unspecified atom stereocenters. The maximum atomic E-state index is 10.2. The van der Waals surface area contributed by atoms with Crippen molar-refractivity contribution in [3.05, 3.63) is 0 Å². The summed E-state index contributed by atoms with van der Waals surface area (Å²) >= 11 is 3.47. The number of hydrogen-bond acceptors (Lipinski definition) is 6. The summed E-state index contributed by atoms with van der Waals surface area (Å²) in [5, 5.41) is 9.67. The summed E-state index contributed by atoms with van der Waals surface area (Å²) in [6.07, 6.45) is -0.659. The van der Waals surface area contributed by atoms with Crippen molar-refractivity contribution in [3.8, 4) is 0 Å². The molecule has 0 spiro atoms. The van der Waals surface area contributed by atoms with Crippen LogP contribution in [-0.2, 0) is 34.6 Å². The molecular weight excluding hydrogens is 259 g/mol. The average molecular weight is 268 g/mol. The van der Waals surface area contributed by atoms with Crippen molar-refractivity contribution in [2.24, 2.45) is 0 Å². The van der Waals surface area contributed by atoms with Crippen LogP contribution in [0.25, 0.3) is 0 Å². The summed E-state index contributed by atoms with van der Waals surface area (Å²) in [7, 11) is -3.83. The van der Waals surface area contributed by atoms with Crippen molar-refractivity contribution < 1.29 is 62.3 Å². The Kier molecular flexibility index (Phi) is 14.8. The van der Waals surface area contributed by atoms with Gasteiger partial charge in [0.1, 0.15) is 0 Å². The third-order valence-corrected chi connectivity index (χ3v) is 0.594. The monoisotopic (exact) mass is 268 g/mol. The minimum absolute atomic E-state index is 0. The van der Waals surface area contributed by atoms with E-state index in [4.69, 9.17) is 13.3 Å². The molecule has 0 aliphatic carbocycles. The molecule has 0 saturated carbocycles. The molecule has 0 aromatic carbocycles. The van der Waals surface area contributed by atoms with E-state index in [1.165, 1.54) is 0 Å². The van der Waals surface area contributed by atoms with Crippen molar-refractivity contribution in [1.29, 1.82) is 0 Å². The van der Waals surface area contributed by atoms with Crippen LogP contribution in [-0.4, -0.2) is 31.9 Å². The molecule has 0 aromatic heterocycles. The van der Waals surface area contributed by atoms with E-state index in [0.717, 1.165) is 0 Å². The largest absolute Gasteiger partial charge is 1.00 e. The first-order chi connectivity index (χ1) is 6.16. The van der Waals surface area contributed by atoms with Gasteiger partial charge in [0, 0.05) is 11.2 Å². The van der Waals surface area contributed by atoms with E-state index >= 15 is 0 Å². The fraction of sp³-hybridized carbons (Fsp3) is 0.600. The summed E-state index contributed by atoms with van der Waals surface area (Å²) in [6, 6.07) is 0. The van der Waals surface area contributed by atoms with Gasteiger partial charge in [0.25, 0.3) is 9.05 Å². The van der Waals surface area contributed by atoms with Gasteiger partial charge in [0.15, 0.2) is 0 Å². The van der Waals surface area contributed by atoms with Crippen LogP contribution in [0.5, 0.6) is 0 Å². The molecular formula is C5H9NaO7S2. The zero-order valence-electron chi connectivity index (χ0n) is 8.17. The molecule has 0 fully saturated rings. The summed E-state index contributed by atoms with van der Waals surface area (Å²) < 4.78 is 28.2. The predicted octanol–water partition coefficient (Wildman–Crippen LogP) is -4.63. The number of carboxylic acid groups (broad SMARTS) is 1. The fourth-order valence-electron chi connectivity index (χ4n) is 0.330. The van der Waals surface area contributed by atoms with Crippen molar-refractivity contribution in [1.82, 2.24) is 0 Å². The van der Waals surface area contributed by atoms with Gasteiger partial charge in [-0.1, -0.05) is 0 Å². The average Bonchev–Trinajstić information content (AvgIpc) is 1.80. The summed E-state index contributed by atoms with van der Waals surface area (Å²) in [5.74, 6) is -2.16. The molecule has 0 rings (SSSR count). The van der Waals surface area contributed by atoms with Gasteiger partial charge >= 0.3 is 35.5 Å². The van der Waals surface area contributed by atoms with Crippen LogP contribution in [0.2, 0.25) is 0 Å². The van der Waals surface area contributed by atoms with Crippen LogP contribution in [0.15, 0.2) is 0 Å². The van der Waals surface area contributed by atoms with E-state index in [-0.39, 0.29) is 36.2 Å². The molecule has 0 amide bonds. The maximum Gasteiger partial charge on any atom is 1.00 e. The molecule has 84 valence electrons. The molecule has 0 saturated heterocycles. The third-order valence-electron chi connectivity index (χ3n) is 0.594. The van der Waals surface area contributed by atoms with Gasteiger partial charge in [-0.15, -0.1) is 0 Å². The number of aliphatic carboxylic acids is 1. The van der Waals surface area contributed by atoms with E-state index in [9.17, 15) is 14.7 Å². The van der Waals surface area contributed by atoms with Crippen molar-refractivity contribution in [2.75, 3.05) is 6.61 Å². The van der Waals surface area contributed by atoms with Gasteiger partial charge in [-0.25, -0.2) is 0 Å². The van der Waals surface area contributed by atoms with Crippen LogP contribution in [0, 0.1) is 0 Å². The molecule has 0 radical (unpaired) electrons. The first-order valence-electron chi connectivity index (χ1n) is 3.22. The first kappa shape index (κ1) is 20.6. The number of ether oxygens (including phenoxy) is 1. The number of esters is 1. The van der Waals surface area contributed by atoms with Crippen LogP contribution >= 0.6 is 0 Å². The maximum absolute atomic E-state index is 10.2. The van der Waals surface area contributed by atoms with Crippen LogP contribution in [0.1, 0.15) is 13.3 Å². The zero-order valence-corrected chi connectivity index (χ0v) is 11.8. The van der Waals surface area contributed by atoms with Gasteiger partial charge in [0.2, 0.25) is 0 Å². The van der Waals surface area contributed by atoms with E-state index in [1.807, 2.05) is 0 Å². The molecule has 2 N–H and O–H groups in total. The molecule has 0 atom stereocenters. The second-order valence-electron chi connectivity index (χ2n) is 1.80. The van der Waals surface area contributed by atoms with Crippen LogP contribution in [0.4, 0.5) is 0 Å². The Morgan fingerprint density at radius 1 is 1.47 bits per heavy atom. The normalized spacial score (nSPS) is 9.00.